The van der Waals surface area contributed by atoms with Gasteiger partial charge in [-0.3, -0.25) is 0 Å². The molecule has 0 aromatic heterocycles. The van der Waals surface area contributed by atoms with Gasteiger partial charge in [0, 0.05) is 12.1 Å². The molecule has 0 bridgehead atoms. The summed E-state index contributed by atoms with van der Waals surface area (Å²) in [6.45, 7) is 3.38. The quantitative estimate of drug-likeness (QED) is 0.785. The Morgan fingerprint density at radius 2 is 1.72 bits per heavy atom. The van der Waals surface area contributed by atoms with Crippen LogP contribution in [0.4, 0.5) is 17.6 Å². The summed E-state index contributed by atoms with van der Waals surface area (Å²) in [5.41, 5.74) is 0.799. The fraction of sp³-hybridized carbons (Fsp3) is 0.538. The van der Waals surface area contributed by atoms with Crippen LogP contribution >= 0.6 is 0 Å². The van der Waals surface area contributed by atoms with E-state index in [4.69, 9.17) is 0 Å². The van der Waals surface area contributed by atoms with Gasteiger partial charge in [-0.1, -0.05) is 19.1 Å². The lowest BCUT2D eigenvalue weighted by molar-refractivity contribution is -0.139. The van der Waals surface area contributed by atoms with E-state index < -0.39 is 18.6 Å². The molecule has 1 rings (SSSR count). The fourth-order valence-electron chi connectivity index (χ4n) is 1.89. The second kappa shape index (κ2) is 6.18. The first kappa shape index (κ1) is 15.0. The van der Waals surface area contributed by atoms with Gasteiger partial charge in [-0.25, -0.2) is 4.39 Å². The minimum Gasteiger partial charge on any atom is -0.307 e. The minimum absolute atomic E-state index is 0.192. The number of alkyl halides is 3. The zero-order valence-electron chi connectivity index (χ0n) is 10.4. The van der Waals surface area contributed by atoms with Crippen molar-refractivity contribution in [2.75, 3.05) is 0 Å². The molecule has 1 N–H and O–H groups in total. The highest BCUT2D eigenvalue weighted by Crippen LogP contribution is 2.24. The third-order valence-corrected chi connectivity index (χ3v) is 2.70. The lowest BCUT2D eigenvalue weighted by atomic mass is 10.0. The molecule has 0 fully saturated rings. The summed E-state index contributed by atoms with van der Waals surface area (Å²) in [4.78, 5) is 0. The van der Waals surface area contributed by atoms with Gasteiger partial charge >= 0.3 is 6.18 Å². The van der Waals surface area contributed by atoms with Crippen LogP contribution in [0.2, 0.25) is 0 Å². The highest BCUT2D eigenvalue weighted by atomic mass is 19.4. The second-order valence-electron chi connectivity index (χ2n) is 4.40. The van der Waals surface area contributed by atoms with E-state index in [-0.39, 0.29) is 11.9 Å². The van der Waals surface area contributed by atoms with Gasteiger partial charge in [-0.05, 0) is 31.0 Å². The Labute approximate surface area is 104 Å². The van der Waals surface area contributed by atoms with E-state index in [1.165, 1.54) is 19.1 Å². The van der Waals surface area contributed by atoms with Gasteiger partial charge in [0.25, 0.3) is 0 Å². The van der Waals surface area contributed by atoms with Gasteiger partial charge in [-0.15, -0.1) is 0 Å². The molecule has 5 heteroatoms. The lowest BCUT2D eigenvalue weighted by Crippen LogP contribution is -2.34. The molecule has 0 saturated heterocycles. The molecule has 2 unspecified atom stereocenters. The maximum Gasteiger partial charge on any atom is 0.390 e. The molecular formula is C13H17F4N. The number of hydrogen-bond acceptors (Lipinski definition) is 1. The van der Waals surface area contributed by atoms with E-state index in [2.05, 4.69) is 5.32 Å². The summed E-state index contributed by atoms with van der Waals surface area (Å²) in [7, 11) is 0. The van der Waals surface area contributed by atoms with Crippen molar-refractivity contribution in [1.29, 1.82) is 0 Å². The molecule has 0 amide bonds. The molecule has 18 heavy (non-hydrogen) atoms. The third-order valence-electron chi connectivity index (χ3n) is 2.70. The van der Waals surface area contributed by atoms with Gasteiger partial charge in [0.1, 0.15) is 5.82 Å². The van der Waals surface area contributed by atoms with Crippen molar-refractivity contribution in [3.63, 3.8) is 0 Å². The molecule has 102 valence electrons. The Bertz CT molecular complexity index is 358. The monoisotopic (exact) mass is 263 g/mol. The second-order valence-corrected chi connectivity index (χ2v) is 4.40. The summed E-state index contributed by atoms with van der Waals surface area (Å²) >= 11 is 0. The molecular weight excluding hydrogens is 246 g/mol. The van der Waals surface area contributed by atoms with Crippen molar-refractivity contribution in [3.05, 3.63) is 35.6 Å². The zero-order chi connectivity index (χ0) is 13.8. The lowest BCUT2D eigenvalue weighted by Gasteiger charge is -2.23. The van der Waals surface area contributed by atoms with Crippen LogP contribution in [-0.2, 0) is 0 Å². The molecule has 1 aromatic rings. The van der Waals surface area contributed by atoms with E-state index in [1.54, 1.807) is 12.1 Å². The molecule has 2 atom stereocenters. The van der Waals surface area contributed by atoms with Crippen molar-refractivity contribution in [3.8, 4) is 0 Å². The van der Waals surface area contributed by atoms with Gasteiger partial charge < -0.3 is 5.32 Å². The largest absolute Gasteiger partial charge is 0.390 e. The van der Waals surface area contributed by atoms with Crippen LogP contribution in [0.5, 0.6) is 0 Å². The minimum atomic E-state index is -4.17. The Balaban J connectivity index is 2.64. The fourth-order valence-corrected chi connectivity index (χ4v) is 1.89. The zero-order valence-corrected chi connectivity index (χ0v) is 10.4. The van der Waals surface area contributed by atoms with Gasteiger partial charge in [0.05, 0.1) is 6.42 Å². The van der Waals surface area contributed by atoms with Crippen LogP contribution in [0, 0.1) is 5.82 Å². The standard InChI is InChI=1S/C13H17F4N/c1-3-12(10-4-6-11(14)7-5-10)18-9(2)8-13(15,16)17/h4-7,9,12,18H,3,8H2,1-2H3. The molecule has 0 heterocycles. The topological polar surface area (TPSA) is 12.0 Å². The Kier molecular flexibility index (Phi) is 5.14. The first-order valence-electron chi connectivity index (χ1n) is 5.90. The summed E-state index contributed by atoms with van der Waals surface area (Å²) < 4.78 is 49.4. The predicted molar refractivity (Wildman–Crippen MR) is 62.7 cm³/mol. The molecule has 0 radical (unpaired) electrons. The van der Waals surface area contributed by atoms with Crippen LogP contribution in [0.25, 0.3) is 0 Å². The highest BCUT2D eigenvalue weighted by Gasteiger charge is 2.30. The normalized spacial score (nSPS) is 15.4. The van der Waals surface area contributed by atoms with Crippen molar-refractivity contribution < 1.29 is 17.6 Å². The van der Waals surface area contributed by atoms with Crippen molar-refractivity contribution in [2.45, 2.75) is 44.9 Å². The molecule has 1 aromatic carbocycles. The van der Waals surface area contributed by atoms with Crippen LogP contribution in [-0.4, -0.2) is 12.2 Å². The van der Waals surface area contributed by atoms with E-state index in [1.807, 2.05) is 6.92 Å². The summed E-state index contributed by atoms with van der Waals surface area (Å²) in [5, 5.41) is 2.92. The van der Waals surface area contributed by atoms with Crippen LogP contribution in [0.15, 0.2) is 24.3 Å². The van der Waals surface area contributed by atoms with Crippen molar-refractivity contribution >= 4 is 0 Å². The number of halogens is 4. The molecule has 0 aliphatic rings. The SMILES string of the molecule is CCC(NC(C)CC(F)(F)F)c1ccc(F)cc1. The summed E-state index contributed by atoms with van der Waals surface area (Å²) in [6.07, 6.45) is -4.40. The number of nitrogens with one attached hydrogen (secondary N) is 1. The number of hydrogen-bond donors (Lipinski definition) is 1. The number of rotatable bonds is 5. The smallest absolute Gasteiger partial charge is 0.307 e. The number of benzene rings is 1. The Morgan fingerprint density at radius 3 is 2.17 bits per heavy atom. The van der Waals surface area contributed by atoms with Crippen LogP contribution in [0.3, 0.4) is 0 Å². The molecule has 0 aliphatic carbocycles. The van der Waals surface area contributed by atoms with Gasteiger partial charge in [0.2, 0.25) is 0 Å². The van der Waals surface area contributed by atoms with E-state index in [0.29, 0.717) is 6.42 Å². The molecule has 0 aliphatic heterocycles. The van der Waals surface area contributed by atoms with Crippen molar-refractivity contribution in [1.82, 2.24) is 5.32 Å². The maximum atomic E-state index is 12.8. The third kappa shape index (κ3) is 5.04. The van der Waals surface area contributed by atoms with Gasteiger partial charge in [0.15, 0.2) is 0 Å². The first-order valence-corrected chi connectivity index (χ1v) is 5.90. The van der Waals surface area contributed by atoms with Gasteiger partial charge in [-0.2, -0.15) is 13.2 Å². The molecule has 1 nitrogen and oxygen atoms in total. The Morgan fingerprint density at radius 1 is 1.17 bits per heavy atom. The van der Waals surface area contributed by atoms with E-state index in [9.17, 15) is 17.6 Å². The van der Waals surface area contributed by atoms with E-state index >= 15 is 0 Å². The average molecular weight is 263 g/mol. The average Bonchev–Trinajstić information content (AvgIpc) is 2.25. The predicted octanol–water partition coefficient (Wildman–Crippen LogP) is 4.21. The summed E-state index contributed by atoms with van der Waals surface area (Å²) in [6, 6.07) is 4.96. The van der Waals surface area contributed by atoms with Crippen LogP contribution in [0.1, 0.15) is 38.3 Å². The summed E-state index contributed by atoms with van der Waals surface area (Å²) in [5.74, 6) is -0.350. The Hall–Kier alpha value is -1.10. The van der Waals surface area contributed by atoms with Crippen LogP contribution < -0.4 is 5.32 Å². The first-order chi connectivity index (χ1) is 8.31. The molecule has 0 spiro atoms. The van der Waals surface area contributed by atoms with Crippen molar-refractivity contribution in [2.24, 2.45) is 0 Å². The maximum absolute atomic E-state index is 12.8. The highest BCUT2D eigenvalue weighted by molar-refractivity contribution is 5.19. The molecule has 0 saturated carbocycles. The van der Waals surface area contributed by atoms with E-state index in [0.717, 1.165) is 5.56 Å².